The number of carboxylic acids is 1. The lowest BCUT2D eigenvalue weighted by Gasteiger charge is -2.17. The van der Waals surface area contributed by atoms with Crippen molar-refractivity contribution < 1.29 is 27.8 Å². The smallest absolute Gasteiger partial charge is 0.490 e. The first-order chi connectivity index (χ1) is 13.8. The van der Waals surface area contributed by atoms with E-state index in [0.29, 0.717) is 11.1 Å². The maximum atomic E-state index is 10.6. The molecule has 2 aromatic rings. The fourth-order valence-electron chi connectivity index (χ4n) is 3.56. The number of pyridine rings is 1. The maximum Gasteiger partial charge on any atom is 0.490 e. The summed E-state index contributed by atoms with van der Waals surface area (Å²) in [7, 11) is 0. The molecule has 1 saturated carbocycles. The van der Waals surface area contributed by atoms with Gasteiger partial charge in [-0.25, -0.2) is 4.79 Å². The molecule has 0 saturated heterocycles. The third-order valence-electron chi connectivity index (χ3n) is 5.01. The first-order valence-electron chi connectivity index (χ1n) is 9.54. The van der Waals surface area contributed by atoms with Gasteiger partial charge in [0, 0.05) is 24.0 Å². The van der Waals surface area contributed by atoms with Crippen LogP contribution in [0.25, 0.3) is 10.9 Å². The van der Waals surface area contributed by atoms with E-state index in [-0.39, 0.29) is 0 Å². The van der Waals surface area contributed by atoms with E-state index in [9.17, 15) is 13.2 Å². The first kappa shape index (κ1) is 21.6. The molecule has 1 aromatic heterocycles. The molecule has 0 bridgehead atoms. The van der Waals surface area contributed by atoms with Crippen LogP contribution in [0, 0.1) is 0 Å². The fourth-order valence-corrected chi connectivity index (χ4v) is 3.76. The molecule has 4 rings (SSSR count). The minimum Gasteiger partial charge on any atom is -0.490 e. The van der Waals surface area contributed by atoms with E-state index in [1.54, 1.807) is 0 Å². The number of nitrogens with zero attached hydrogens (tertiary/aromatic N) is 1. The van der Waals surface area contributed by atoms with Crippen LogP contribution in [-0.4, -0.2) is 41.4 Å². The number of carbonyl (C=O) groups is 1. The number of carboxylic acid groups (broad SMARTS) is 1. The van der Waals surface area contributed by atoms with Crippen molar-refractivity contribution in [1.82, 2.24) is 10.3 Å². The van der Waals surface area contributed by atoms with Gasteiger partial charge < -0.3 is 15.2 Å². The zero-order valence-corrected chi connectivity index (χ0v) is 16.4. The third-order valence-corrected chi connectivity index (χ3v) is 5.32. The van der Waals surface area contributed by atoms with Crippen molar-refractivity contribution in [2.45, 2.75) is 50.8 Å². The fraction of sp³-hybridized carbons (Fsp3) is 0.500. The second-order valence-corrected chi connectivity index (χ2v) is 7.52. The molecule has 1 aliphatic carbocycles. The molecule has 2 aliphatic rings. The predicted molar refractivity (Wildman–Crippen MR) is 104 cm³/mol. The minimum absolute atomic E-state index is 0.352. The number of nitrogens with one attached hydrogen (secondary N) is 1. The van der Waals surface area contributed by atoms with Gasteiger partial charge in [-0.3, -0.25) is 4.98 Å². The Morgan fingerprint density at radius 2 is 1.86 bits per heavy atom. The molecule has 0 amide bonds. The van der Waals surface area contributed by atoms with Crippen molar-refractivity contribution >= 4 is 28.5 Å². The Hall–Kier alpha value is -2.06. The zero-order valence-electron chi connectivity index (χ0n) is 15.7. The molecule has 1 aromatic carbocycles. The standard InChI is InChI=1S/C18H21ClN2O.C2HF3O2/c19-15-5-6-17(22-13-3-1-2-4-13)14-11-12-7-9-20-10-8-16(12)21-18(14)15;3-2(4,5)1(6)7/h5-6,11,13,20H,1-4,7-10H2;(H,6,7). The molecule has 0 unspecified atom stereocenters. The summed E-state index contributed by atoms with van der Waals surface area (Å²) in [5, 5.41) is 12.3. The quantitative estimate of drug-likeness (QED) is 0.732. The summed E-state index contributed by atoms with van der Waals surface area (Å²) in [4.78, 5) is 13.8. The molecular formula is C20H22ClF3N2O3. The van der Waals surface area contributed by atoms with Crippen LogP contribution in [0.1, 0.15) is 36.9 Å². The highest BCUT2D eigenvalue weighted by molar-refractivity contribution is 6.35. The summed E-state index contributed by atoms with van der Waals surface area (Å²) in [6.45, 7) is 2.00. The highest BCUT2D eigenvalue weighted by atomic mass is 35.5. The average molecular weight is 431 g/mol. The summed E-state index contributed by atoms with van der Waals surface area (Å²) in [6, 6.07) is 6.18. The Morgan fingerprint density at radius 1 is 1.21 bits per heavy atom. The Balaban J connectivity index is 0.000000298. The van der Waals surface area contributed by atoms with E-state index < -0.39 is 12.1 Å². The summed E-state index contributed by atoms with van der Waals surface area (Å²) in [5.74, 6) is -1.81. The number of benzene rings is 1. The molecule has 9 heteroatoms. The molecule has 158 valence electrons. The Morgan fingerprint density at radius 3 is 2.52 bits per heavy atom. The van der Waals surface area contributed by atoms with Crippen molar-refractivity contribution in [3.8, 4) is 5.75 Å². The van der Waals surface area contributed by atoms with E-state index in [2.05, 4.69) is 11.4 Å². The number of fused-ring (bicyclic) bond motifs is 2. The number of rotatable bonds is 2. The number of alkyl halides is 3. The van der Waals surface area contributed by atoms with Crippen LogP contribution >= 0.6 is 11.6 Å². The van der Waals surface area contributed by atoms with E-state index in [4.69, 9.17) is 31.2 Å². The van der Waals surface area contributed by atoms with Crippen molar-refractivity contribution in [2.75, 3.05) is 13.1 Å². The van der Waals surface area contributed by atoms with Crippen LogP contribution in [-0.2, 0) is 17.6 Å². The second kappa shape index (κ2) is 9.17. The first-order valence-corrected chi connectivity index (χ1v) is 9.92. The summed E-state index contributed by atoms with van der Waals surface area (Å²) < 4.78 is 38.0. The van der Waals surface area contributed by atoms with Gasteiger partial charge in [-0.2, -0.15) is 13.2 Å². The van der Waals surface area contributed by atoms with Gasteiger partial charge in [0.25, 0.3) is 0 Å². The van der Waals surface area contributed by atoms with Gasteiger partial charge in [0.1, 0.15) is 5.75 Å². The lowest BCUT2D eigenvalue weighted by molar-refractivity contribution is -0.192. The number of hydrogen-bond donors (Lipinski definition) is 2. The zero-order chi connectivity index (χ0) is 21.0. The van der Waals surface area contributed by atoms with Gasteiger partial charge in [-0.05, 0) is 62.4 Å². The molecule has 2 heterocycles. The van der Waals surface area contributed by atoms with Gasteiger partial charge >= 0.3 is 12.1 Å². The van der Waals surface area contributed by atoms with Crippen molar-refractivity contribution in [1.29, 1.82) is 0 Å². The summed E-state index contributed by atoms with van der Waals surface area (Å²) in [6.07, 6.45) is 2.12. The normalized spacial score (nSPS) is 17.2. The summed E-state index contributed by atoms with van der Waals surface area (Å²) in [5.41, 5.74) is 3.39. The monoisotopic (exact) mass is 430 g/mol. The van der Waals surface area contributed by atoms with Crippen LogP contribution < -0.4 is 10.1 Å². The topological polar surface area (TPSA) is 71.5 Å². The van der Waals surface area contributed by atoms with E-state index >= 15 is 0 Å². The molecule has 0 spiro atoms. The molecule has 0 atom stereocenters. The van der Waals surface area contributed by atoms with Gasteiger partial charge in [-0.15, -0.1) is 0 Å². The number of aliphatic carboxylic acids is 1. The highest BCUT2D eigenvalue weighted by Crippen LogP contribution is 2.34. The van der Waals surface area contributed by atoms with Gasteiger partial charge in [0.05, 0.1) is 16.6 Å². The number of ether oxygens (including phenoxy) is 1. The van der Waals surface area contributed by atoms with Crippen LogP contribution in [0.5, 0.6) is 5.75 Å². The second-order valence-electron chi connectivity index (χ2n) is 7.11. The Bertz CT molecular complexity index is 883. The Kier molecular flexibility index (Phi) is 6.85. The lowest BCUT2D eigenvalue weighted by Crippen LogP contribution is -2.21. The van der Waals surface area contributed by atoms with Crippen molar-refractivity contribution in [2.24, 2.45) is 0 Å². The van der Waals surface area contributed by atoms with Gasteiger partial charge in [0.2, 0.25) is 0 Å². The highest BCUT2D eigenvalue weighted by Gasteiger charge is 2.38. The van der Waals surface area contributed by atoms with Crippen molar-refractivity contribution in [3.05, 3.63) is 34.5 Å². The van der Waals surface area contributed by atoms with E-state index in [1.165, 1.54) is 24.1 Å². The molecule has 5 nitrogen and oxygen atoms in total. The average Bonchev–Trinajstić information content (AvgIpc) is 3.06. The molecule has 2 N–H and O–H groups in total. The molecular weight excluding hydrogens is 409 g/mol. The number of hydrogen-bond acceptors (Lipinski definition) is 4. The van der Waals surface area contributed by atoms with Crippen molar-refractivity contribution in [3.63, 3.8) is 0 Å². The largest absolute Gasteiger partial charge is 0.490 e. The van der Waals surface area contributed by atoms with Crippen LogP contribution in [0.2, 0.25) is 5.02 Å². The minimum atomic E-state index is -5.08. The predicted octanol–water partition coefficient (Wildman–Crippen LogP) is 4.53. The summed E-state index contributed by atoms with van der Waals surface area (Å²) >= 11 is 6.40. The molecule has 1 aliphatic heterocycles. The van der Waals surface area contributed by atoms with E-state index in [0.717, 1.165) is 55.4 Å². The SMILES string of the molecule is Clc1ccc(OC2CCCC2)c2cc3c(nc12)CCNCC3.O=C(O)C(F)(F)F. The number of aromatic nitrogens is 1. The van der Waals surface area contributed by atoms with Crippen LogP contribution in [0.4, 0.5) is 13.2 Å². The molecule has 1 fully saturated rings. The molecule has 0 radical (unpaired) electrons. The Labute approximate surface area is 171 Å². The lowest BCUT2D eigenvalue weighted by atomic mass is 10.0. The van der Waals surface area contributed by atoms with Crippen LogP contribution in [0.15, 0.2) is 18.2 Å². The van der Waals surface area contributed by atoms with Gasteiger partial charge in [-0.1, -0.05) is 11.6 Å². The number of halogens is 4. The van der Waals surface area contributed by atoms with Crippen LogP contribution in [0.3, 0.4) is 0 Å². The third kappa shape index (κ3) is 5.51. The van der Waals surface area contributed by atoms with E-state index in [1.807, 2.05) is 12.1 Å². The van der Waals surface area contributed by atoms with Gasteiger partial charge in [0.15, 0.2) is 0 Å². The molecule has 29 heavy (non-hydrogen) atoms. The maximum absolute atomic E-state index is 10.6.